The van der Waals surface area contributed by atoms with E-state index in [1.165, 1.54) is 6.07 Å². The summed E-state index contributed by atoms with van der Waals surface area (Å²) in [5.41, 5.74) is 2.33. The Morgan fingerprint density at radius 3 is 2.72 bits per heavy atom. The Hall–Kier alpha value is -2.41. The van der Waals surface area contributed by atoms with E-state index in [0.717, 1.165) is 43.1 Å². The number of pyridine rings is 2. The molecule has 2 atom stereocenters. The van der Waals surface area contributed by atoms with Crippen molar-refractivity contribution in [2.75, 3.05) is 32.9 Å². The third kappa shape index (κ3) is 4.61. The van der Waals surface area contributed by atoms with Gasteiger partial charge >= 0.3 is 0 Å². The van der Waals surface area contributed by atoms with E-state index < -0.39 is 0 Å². The van der Waals surface area contributed by atoms with Crippen LogP contribution in [-0.4, -0.2) is 47.8 Å². The number of aryl methyl sites for hydroxylation is 2. The molecule has 0 aliphatic carbocycles. The van der Waals surface area contributed by atoms with Crippen LogP contribution in [-0.2, 0) is 0 Å². The number of hydrogen-bond donors (Lipinski definition) is 0. The van der Waals surface area contributed by atoms with Gasteiger partial charge < -0.3 is 14.2 Å². The second-order valence-corrected chi connectivity index (χ2v) is 7.93. The van der Waals surface area contributed by atoms with E-state index in [2.05, 4.69) is 14.9 Å². The Bertz CT molecular complexity index is 856. The molecule has 156 valence electrons. The molecular weight excluding hydrogens is 373 g/mol. The lowest BCUT2D eigenvalue weighted by Gasteiger charge is -2.36. The van der Waals surface area contributed by atoms with Crippen LogP contribution < -0.4 is 14.2 Å². The summed E-state index contributed by atoms with van der Waals surface area (Å²) >= 11 is 0. The smallest absolute Gasteiger partial charge is 0.257 e. The fourth-order valence-corrected chi connectivity index (χ4v) is 4.11. The van der Waals surface area contributed by atoms with Crippen molar-refractivity contribution >= 4 is 0 Å². The molecule has 2 aliphatic rings. The lowest BCUT2D eigenvalue weighted by atomic mass is 9.97. The summed E-state index contributed by atoms with van der Waals surface area (Å²) in [5, 5.41) is 0. The van der Waals surface area contributed by atoms with Gasteiger partial charge in [0.2, 0.25) is 0 Å². The Morgan fingerprint density at radius 1 is 1.17 bits per heavy atom. The van der Waals surface area contributed by atoms with E-state index in [1.807, 2.05) is 32.9 Å². The van der Waals surface area contributed by atoms with E-state index in [-0.39, 0.29) is 11.9 Å². The lowest BCUT2D eigenvalue weighted by molar-refractivity contribution is 0.0963. The molecule has 2 aromatic rings. The molecule has 29 heavy (non-hydrogen) atoms. The van der Waals surface area contributed by atoms with E-state index in [4.69, 9.17) is 14.2 Å². The molecule has 2 aliphatic heterocycles. The van der Waals surface area contributed by atoms with Crippen LogP contribution in [0.2, 0.25) is 0 Å². The second kappa shape index (κ2) is 8.53. The number of aromatic nitrogens is 2. The topological polar surface area (TPSA) is 56.7 Å². The SMILES string of the molecule is Cc1cc(OC[C@H]2CCCN([C@H](C)c3nc4c(cc3F)OCCO4)C2)cc(C)n1. The van der Waals surface area contributed by atoms with Crippen molar-refractivity contribution in [3.63, 3.8) is 0 Å². The minimum absolute atomic E-state index is 0.140. The van der Waals surface area contributed by atoms with Gasteiger partial charge in [0.1, 0.15) is 24.8 Å². The van der Waals surface area contributed by atoms with Gasteiger partial charge in [0.15, 0.2) is 5.75 Å². The molecule has 2 aromatic heterocycles. The van der Waals surface area contributed by atoms with Crippen LogP contribution in [0.15, 0.2) is 18.2 Å². The van der Waals surface area contributed by atoms with Gasteiger partial charge in [0, 0.05) is 42.0 Å². The number of rotatable bonds is 5. The summed E-state index contributed by atoms with van der Waals surface area (Å²) in [7, 11) is 0. The van der Waals surface area contributed by atoms with Crippen LogP contribution in [0.1, 0.15) is 42.9 Å². The van der Waals surface area contributed by atoms with Crippen molar-refractivity contribution in [2.24, 2.45) is 5.92 Å². The summed E-state index contributed by atoms with van der Waals surface area (Å²) in [6.07, 6.45) is 2.16. The van der Waals surface area contributed by atoms with E-state index in [1.54, 1.807) is 0 Å². The summed E-state index contributed by atoms with van der Waals surface area (Å²) in [6, 6.07) is 5.18. The third-order valence-electron chi connectivity index (χ3n) is 5.55. The molecule has 7 heteroatoms. The summed E-state index contributed by atoms with van der Waals surface area (Å²) in [4.78, 5) is 11.1. The number of ether oxygens (including phenoxy) is 3. The summed E-state index contributed by atoms with van der Waals surface area (Å²) < 4.78 is 31.7. The van der Waals surface area contributed by atoms with E-state index in [9.17, 15) is 4.39 Å². The summed E-state index contributed by atoms with van der Waals surface area (Å²) in [5.74, 6) is 1.68. The molecule has 0 bridgehead atoms. The normalized spacial score (nSPS) is 20.3. The third-order valence-corrected chi connectivity index (χ3v) is 5.55. The van der Waals surface area contributed by atoms with Crippen LogP contribution in [0.25, 0.3) is 0 Å². The monoisotopic (exact) mass is 401 g/mol. The van der Waals surface area contributed by atoms with Gasteiger partial charge in [-0.15, -0.1) is 0 Å². The van der Waals surface area contributed by atoms with Gasteiger partial charge in [-0.2, -0.15) is 0 Å². The van der Waals surface area contributed by atoms with Gasteiger partial charge in [-0.3, -0.25) is 9.88 Å². The van der Waals surface area contributed by atoms with Crippen molar-refractivity contribution in [1.82, 2.24) is 14.9 Å². The molecule has 4 heterocycles. The molecule has 0 N–H and O–H groups in total. The molecule has 6 nitrogen and oxygen atoms in total. The van der Waals surface area contributed by atoms with Gasteiger partial charge in [0.05, 0.1) is 18.3 Å². The highest BCUT2D eigenvalue weighted by molar-refractivity contribution is 5.37. The molecule has 0 unspecified atom stereocenters. The fourth-order valence-electron chi connectivity index (χ4n) is 4.11. The minimum Gasteiger partial charge on any atom is -0.493 e. The molecule has 1 saturated heterocycles. The quantitative estimate of drug-likeness (QED) is 0.758. The molecule has 0 spiro atoms. The van der Waals surface area contributed by atoms with E-state index in [0.29, 0.717) is 43.1 Å². The highest BCUT2D eigenvalue weighted by Gasteiger charge is 2.29. The number of likely N-dealkylation sites (tertiary alicyclic amines) is 1. The molecular formula is C22H28FN3O3. The van der Waals surface area contributed by atoms with Crippen molar-refractivity contribution in [3.05, 3.63) is 41.1 Å². The lowest BCUT2D eigenvalue weighted by Crippen LogP contribution is -2.39. The zero-order chi connectivity index (χ0) is 20.4. The number of halogens is 1. The molecule has 4 rings (SSSR count). The number of nitrogens with zero attached hydrogens (tertiary/aromatic N) is 3. The predicted octanol–water partition coefficient (Wildman–Crippen LogP) is 3.86. The van der Waals surface area contributed by atoms with Gasteiger partial charge in [-0.25, -0.2) is 9.37 Å². The minimum atomic E-state index is -0.345. The van der Waals surface area contributed by atoms with Crippen LogP contribution >= 0.6 is 0 Å². The number of fused-ring (bicyclic) bond motifs is 1. The molecule has 1 fully saturated rings. The zero-order valence-corrected chi connectivity index (χ0v) is 17.3. The van der Waals surface area contributed by atoms with E-state index >= 15 is 0 Å². The maximum atomic E-state index is 14.7. The zero-order valence-electron chi connectivity index (χ0n) is 17.3. The Balaban J connectivity index is 1.41. The Morgan fingerprint density at radius 2 is 1.93 bits per heavy atom. The van der Waals surface area contributed by atoms with Crippen LogP contribution in [0.3, 0.4) is 0 Å². The van der Waals surface area contributed by atoms with Crippen LogP contribution in [0.4, 0.5) is 4.39 Å². The largest absolute Gasteiger partial charge is 0.493 e. The van der Waals surface area contributed by atoms with Crippen molar-refractivity contribution in [1.29, 1.82) is 0 Å². The van der Waals surface area contributed by atoms with Crippen molar-refractivity contribution in [3.8, 4) is 17.4 Å². The Kier molecular flexibility index (Phi) is 5.85. The molecule has 0 amide bonds. The first-order valence-corrected chi connectivity index (χ1v) is 10.3. The highest BCUT2D eigenvalue weighted by atomic mass is 19.1. The predicted molar refractivity (Wildman–Crippen MR) is 107 cm³/mol. The first-order valence-electron chi connectivity index (χ1n) is 10.3. The average Bonchev–Trinajstić information content (AvgIpc) is 2.71. The van der Waals surface area contributed by atoms with Gasteiger partial charge in [0.25, 0.3) is 5.88 Å². The number of piperidine rings is 1. The van der Waals surface area contributed by atoms with Crippen LogP contribution in [0.5, 0.6) is 17.4 Å². The van der Waals surface area contributed by atoms with Crippen molar-refractivity contribution < 1.29 is 18.6 Å². The summed E-state index contributed by atoms with van der Waals surface area (Å²) in [6.45, 7) is 9.21. The molecule has 0 aromatic carbocycles. The molecule has 0 radical (unpaired) electrons. The standard InChI is InChI=1S/C22H28FN3O3/c1-14-9-18(10-15(2)24-14)29-13-17-5-4-6-26(12-17)16(3)21-19(23)11-20-22(25-21)28-8-7-27-20/h9-11,16-17H,4-8,12-13H2,1-3H3/t16-,17+/m1/s1. The van der Waals surface area contributed by atoms with Crippen molar-refractivity contribution in [2.45, 2.75) is 39.7 Å². The maximum absolute atomic E-state index is 14.7. The first kappa shape index (κ1) is 19.9. The Labute approximate surface area is 171 Å². The van der Waals surface area contributed by atoms with Gasteiger partial charge in [-0.1, -0.05) is 0 Å². The van der Waals surface area contributed by atoms with Crippen LogP contribution in [0, 0.1) is 25.6 Å². The first-order chi connectivity index (χ1) is 14.0. The fraction of sp³-hybridized carbons (Fsp3) is 0.545. The number of hydrogen-bond acceptors (Lipinski definition) is 6. The van der Waals surface area contributed by atoms with Gasteiger partial charge in [-0.05, 0) is 40.2 Å². The maximum Gasteiger partial charge on any atom is 0.257 e. The molecule has 0 saturated carbocycles. The highest BCUT2D eigenvalue weighted by Crippen LogP contribution is 2.34. The average molecular weight is 401 g/mol. The second-order valence-electron chi connectivity index (χ2n) is 7.93.